The smallest absolute Gasteiger partial charge is 0.335 e. The topological polar surface area (TPSA) is 94.0 Å². The molecule has 0 saturated heterocycles. The van der Waals surface area contributed by atoms with Gasteiger partial charge in [-0.05, 0) is 42.5 Å². The zero-order chi connectivity index (χ0) is 15.7. The number of hydrazone groups is 1. The number of carbonyl (C=O) groups is 1. The molecule has 7 heteroatoms. The van der Waals surface area contributed by atoms with Gasteiger partial charge in [0.2, 0.25) is 0 Å². The van der Waals surface area contributed by atoms with Gasteiger partial charge in [-0.15, -0.1) is 0 Å². The van der Waals surface area contributed by atoms with E-state index in [1.807, 2.05) is 18.2 Å². The monoisotopic (exact) mass is 361 g/mol. The van der Waals surface area contributed by atoms with Gasteiger partial charge in [-0.2, -0.15) is 5.10 Å². The molecule has 1 unspecified atom stereocenters. The second-order valence-corrected chi connectivity index (χ2v) is 5.64. The molecule has 4 N–H and O–H groups in total. The van der Waals surface area contributed by atoms with Crippen molar-refractivity contribution in [3.8, 4) is 0 Å². The Morgan fingerprint density at radius 2 is 1.95 bits per heavy atom. The standard InChI is InChI=1S/C15H12BrN3O3/c16-9-3-6-12-11(7-9)13(14(20)17-12)19-18-10-4-1-8(2-5-10)15(21)22/h1-7,14,17-18,20H,(H,21,22)/b19-13-. The number of carboxylic acids is 1. The number of anilines is 2. The number of aliphatic hydroxyl groups excluding tert-OH is 1. The number of fused-ring (bicyclic) bond motifs is 1. The normalized spacial score (nSPS) is 17.9. The van der Waals surface area contributed by atoms with Crippen LogP contribution < -0.4 is 10.7 Å². The summed E-state index contributed by atoms with van der Waals surface area (Å²) in [5.74, 6) is -0.980. The number of aliphatic hydroxyl groups is 1. The fourth-order valence-electron chi connectivity index (χ4n) is 2.15. The molecule has 3 rings (SSSR count). The van der Waals surface area contributed by atoms with E-state index in [9.17, 15) is 9.90 Å². The summed E-state index contributed by atoms with van der Waals surface area (Å²) in [7, 11) is 0. The molecule has 2 aromatic rings. The van der Waals surface area contributed by atoms with Crippen LogP contribution in [0.2, 0.25) is 0 Å². The Hall–Kier alpha value is -2.38. The number of nitrogens with one attached hydrogen (secondary N) is 2. The fourth-order valence-corrected chi connectivity index (χ4v) is 2.51. The zero-order valence-electron chi connectivity index (χ0n) is 11.2. The van der Waals surface area contributed by atoms with Crippen LogP contribution in [0.25, 0.3) is 0 Å². The van der Waals surface area contributed by atoms with Crippen molar-refractivity contribution >= 4 is 39.0 Å². The Kier molecular flexibility index (Phi) is 3.82. The molecule has 1 atom stereocenters. The molecule has 0 bridgehead atoms. The van der Waals surface area contributed by atoms with Crippen LogP contribution in [0.3, 0.4) is 0 Å². The van der Waals surface area contributed by atoms with Crippen LogP contribution in [0.1, 0.15) is 15.9 Å². The number of nitrogens with zero attached hydrogens (tertiary/aromatic N) is 1. The van der Waals surface area contributed by atoms with Gasteiger partial charge < -0.3 is 15.5 Å². The maximum absolute atomic E-state index is 10.8. The van der Waals surface area contributed by atoms with Crippen LogP contribution in [0, 0.1) is 0 Å². The van der Waals surface area contributed by atoms with Gasteiger partial charge in [-0.25, -0.2) is 4.79 Å². The predicted octanol–water partition coefficient (Wildman–Crippen LogP) is 2.71. The van der Waals surface area contributed by atoms with Gasteiger partial charge in [-0.1, -0.05) is 15.9 Å². The van der Waals surface area contributed by atoms with Crippen molar-refractivity contribution in [1.82, 2.24) is 0 Å². The van der Waals surface area contributed by atoms with Gasteiger partial charge in [0.25, 0.3) is 0 Å². The van der Waals surface area contributed by atoms with Crippen LogP contribution in [0.4, 0.5) is 11.4 Å². The summed E-state index contributed by atoms with van der Waals surface area (Å²) < 4.78 is 0.890. The molecule has 1 aliphatic rings. The summed E-state index contributed by atoms with van der Waals surface area (Å²) >= 11 is 3.39. The van der Waals surface area contributed by atoms with Gasteiger partial charge in [0.15, 0.2) is 6.23 Å². The lowest BCUT2D eigenvalue weighted by Gasteiger charge is -2.06. The van der Waals surface area contributed by atoms with Gasteiger partial charge in [-0.3, -0.25) is 5.43 Å². The van der Waals surface area contributed by atoms with Crippen molar-refractivity contribution in [1.29, 1.82) is 0 Å². The number of carboxylic acid groups (broad SMARTS) is 1. The minimum absolute atomic E-state index is 0.204. The van der Waals surface area contributed by atoms with Gasteiger partial charge in [0.1, 0.15) is 5.71 Å². The third-order valence-corrected chi connectivity index (χ3v) is 3.74. The second kappa shape index (κ2) is 5.78. The summed E-state index contributed by atoms with van der Waals surface area (Å²) in [6.45, 7) is 0. The van der Waals surface area contributed by atoms with Gasteiger partial charge >= 0.3 is 5.97 Å². The molecule has 0 spiro atoms. The molecule has 22 heavy (non-hydrogen) atoms. The lowest BCUT2D eigenvalue weighted by atomic mass is 10.1. The lowest BCUT2D eigenvalue weighted by molar-refractivity contribution is 0.0697. The average molecular weight is 362 g/mol. The highest BCUT2D eigenvalue weighted by atomic mass is 79.9. The minimum atomic E-state index is -0.980. The molecule has 6 nitrogen and oxygen atoms in total. The number of aromatic carboxylic acids is 1. The Labute approximate surface area is 134 Å². The molecule has 0 fully saturated rings. The number of rotatable bonds is 3. The number of hydrogen-bond donors (Lipinski definition) is 4. The Bertz CT molecular complexity index is 759. The molecule has 2 aromatic carbocycles. The fraction of sp³-hybridized carbons (Fsp3) is 0.0667. The van der Waals surface area contributed by atoms with E-state index < -0.39 is 12.2 Å². The Morgan fingerprint density at radius 3 is 2.64 bits per heavy atom. The molecular weight excluding hydrogens is 350 g/mol. The zero-order valence-corrected chi connectivity index (χ0v) is 12.8. The van der Waals surface area contributed by atoms with E-state index in [-0.39, 0.29) is 5.56 Å². The second-order valence-electron chi connectivity index (χ2n) is 4.73. The third kappa shape index (κ3) is 2.81. The van der Waals surface area contributed by atoms with E-state index in [0.717, 1.165) is 15.7 Å². The number of benzene rings is 2. The number of halogens is 1. The van der Waals surface area contributed by atoms with Crippen molar-refractivity contribution in [2.45, 2.75) is 6.23 Å². The molecule has 0 saturated carbocycles. The first-order valence-corrected chi connectivity index (χ1v) is 7.25. The molecule has 0 aromatic heterocycles. The van der Waals surface area contributed by atoms with Crippen LogP contribution >= 0.6 is 15.9 Å². The molecule has 1 heterocycles. The summed E-state index contributed by atoms with van der Waals surface area (Å²) in [4.78, 5) is 10.8. The first-order chi connectivity index (χ1) is 10.5. The van der Waals surface area contributed by atoms with E-state index in [1.165, 1.54) is 12.1 Å². The molecule has 0 amide bonds. The molecule has 0 radical (unpaired) electrons. The molecular formula is C15H12BrN3O3. The lowest BCUT2D eigenvalue weighted by Crippen LogP contribution is -2.22. The van der Waals surface area contributed by atoms with E-state index in [2.05, 4.69) is 31.8 Å². The summed E-state index contributed by atoms with van der Waals surface area (Å²) in [6.07, 6.45) is -0.893. The average Bonchev–Trinajstić information content (AvgIpc) is 2.80. The summed E-state index contributed by atoms with van der Waals surface area (Å²) in [6, 6.07) is 11.8. The number of hydrogen-bond acceptors (Lipinski definition) is 5. The van der Waals surface area contributed by atoms with E-state index in [1.54, 1.807) is 12.1 Å². The largest absolute Gasteiger partial charge is 0.478 e. The molecule has 1 aliphatic heterocycles. The highest BCUT2D eigenvalue weighted by Crippen LogP contribution is 2.28. The summed E-state index contributed by atoms with van der Waals surface area (Å²) in [5.41, 5.74) is 5.74. The van der Waals surface area contributed by atoms with Crippen molar-refractivity contribution in [3.63, 3.8) is 0 Å². The summed E-state index contributed by atoms with van der Waals surface area (Å²) in [5, 5.41) is 26.0. The van der Waals surface area contributed by atoms with Crippen molar-refractivity contribution in [3.05, 3.63) is 58.1 Å². The quantitative estimate of drug-likeness (QED) is 0.630. The first-order valence-electron chi connectivity index (χ1n) is 6.46. The molecule has 0 aliphatic carbocycles. The highest BCUT2D eigenvalue weighted by molar-refractivity contribution is 9.10. The van der Waals surface area contributed by atoms with Crippen molar-refractivity contribution < 1.29 is 15.0 Å². The van der Waals surface area contributed by atoms with Gasteiger partial charge in [0, 0.05) is 15.7 Å². The van der Waals surface area contributed by atoms with E-state index in [4.69, 9.17) is 5.11 Å². The van der Waals surface area contributed by atoms with Gasteiger partial charge in [0.05, 0.1) is 11.3 Å². The Balaban J connectivity index is 1.84. The van der Waals surface area contributed by atoms with Crippen LogP contribution in [-0.2, 0) is 0 Å². The van der Waals surface area contributed by atoms with Crippen molar-refractivity contribution in [2.75, 3.05) is 10.7 Å². The predicted molar refractivity (Wildman–Crippen MR) is 87.3 cm³/mol. The third-order valence-electron chi connectivity index (χ3n) is 3.25. The first kappa shape index (κ1) is 14.6. The highest BCUT2D eigenvalue weighted by Gasteiger charge is 2.26. The Morgan fingerprint density at radius 1 is 1.23 bits per heavy atom. The van der Waals surface area contributed by atoms with Crippen molar-refractivity contribution in [2.24, 2.45) is 5.10 Å². The maximum Gasteiger partial charge on any atom is 0.335 e. The van der Waals surface area contributed by atoms with Crippen LogP contribution in [0.15, 0.2) is 52.0 Å². The van der Waals surface area contributed by atoms with Crippen LogP contribution in [-0.4, -0.2) is 28.1 Å². The SMILES string of the molecule is O=C(O)c1ccc(N/N=C2/c3cc(Br)ccc3NC2O)cc1. The molecule has 112 valence electrons. The van der Waals surface area contributed by atoms with E-state index in [0.29, 0.717) is 11.4 Å². The van der Waals surface area contributed by atoms with Crippen LogP contribution in [0.5, 0.6) is 0 Å². The maximum atomic E-state index is 10.8. The minimum Gasteiger partial charge on any atom is -0.478 e. The van der Waals surface area contributed by atoms with E-state index >= 15 is 0 Å².